The van der Waals surface area contributed by atoms with Crippen LogP contribution in [0, 0.1) is 11.8 Å². The number of nitrogens with one attached hydrogen (secondary N) is 4. The number of carbonyl (C=O) groups is 4. The Morgan fingerprint density at radius 2 is 1.40 bits per heavy atom. The number of H-pyrrole nitrogens is 2. The Bertz CT molecular complexity index is 2340. The van der Waals surface area contributed by atoms with E-state index in [4.69, 9.17) is 19.4 Å². The van der Waals surface area contributed by atoms with Gasteiger partial charge in [-0.05, 0) is 64.9 Å². The molecule has 2 aromatic heterocycles. The van der Waals surface area contributed by atoms with Crippen LogP contribution in [0.1, 0.15) is 64.3 Å². The molecular formula is C43H54N8O6Si. The van der Waals surface area contributed by atoms with Gasteiger partial charge in [0, 0.05) is 18.1 Å². The van der Waals surface area contributed by atoms with E-state index in [1.54, 1.807) is 0 Å². The molecule has 7 rings (SSSR count). The van der Waals surface area contributed by atoms with Gasteiger partial charge < -0.3 is 39.9 Å². The predicted molar refractivity (Wildman–Crippen MR) is 225 cm³/mol. The first-order valence-corrected chi connectivity index (χ1v) is 23.5. The maximum atomic E-state index is 13.9. The lowest BCUT2D eigenvalue weighted by molar-refractivity contribution is -0.136. The number of aromatic amines is 2. The number of hydrogen-bond acceptors (Lipinski definition) is 8. The number of imidazole rings is 2. The summed E-state index contributed by atoms with van der Waals surface area (Å²) >= 11 is 0. The summed E-state index contributed by atoms with van der Waals surface area (Å²) < 4.78 is 9.60. The Kier molecular flexibility index (Phi) is 11.4. The Hall–Kier alpha value is -5.70. The van der Waals surface area contributed by atoms with Crippen molar-refractivity contribution in [1.29, 1.82) is 0 Å². The highest BCUT2D eigenvalue weighted by Crippen LogP contribution is 2.39. The summed E-state index contributed by atoms with van der Waals surface area (Å²) in [5.74, 6) is 1.01. The van der Waals surface area contributed by atoms with Crippen molar-refractivity contribution >= 4 is 53.9 Å². The molecular weight excluding hydrogens is 753 g/mol. The van der Waals surface area contributed by atoms with Crippen molar-refractivity contribution in [3.05, 3.63) is 72.4 Å². The Morgan fingerprint density at radius 1 is 0.776 bits per heavy atom. The minimum Gasteiger partial charge on any atom is -0.453 e. The van der Waals surface area contributed by atoms with Crippen LogP contribution < -0.4 is 10.6 Å². The molecule has 4 heterocycles. The van der Waals surface area contributed by atoms with Gasteiger partial charge in [-0.1, -0.05) is 83.3 Å². The molecule has 15 heteroatoms. The monoisotopic (exact) mass is 806 g/mol. The Balaban J connectivity index is 1.09. The van der Waals surface area contributed by atoms with Crippen LogP contribution in [0.5, 0.6) is 0 Å². The highest BCUT2D eigenvalue weighted by Gasteiger charge is 2.46. The number of aromatic nitrogens is 4. The minimum absolute atomic E-state index is 0.111. The third kappa shape index (κ3) is 8.04. The largest absolute Gasteiger partial charge is 0.453 e. The fourth-order valence-electron chi connectivity index (χ4n) is 8.47. The third-order valence-corrected chi connectivity index (χ3v) is 14.3. The van der Waals surface area contributed by atoms with Crippen molar-refractivity contribution in [2.45, 2.75) is 83.8 Å². The molecule has 3 aromatic carbocycles. The summed E-state index contributed by atoms with van der Waals surface area (Å²) in [6, 6.07) is 17.9. The number of methoxy groups -OCH3 is 2. The van der Waals surface area contributed by atoms with E-state index in [-0.39, 0.29) is 35.7 Å². The van der Waals surface area contributed by atoms with E-state index in [0.29, 0.717) is 12.7 Å². The maximum absolute atomic E-state index is 13.9. The Labute approximate surface area is 339 Å². The number of rotatable bonds is 10. The molecule has 4 amide bonds. The number of benzene rings is 3. The van der Waals surface area contributed by atoms with Crippen molar-refractivity contribution in [2.75, 3.05) is 26.9 Å². The molecule has 0 saturated carbocycles. The number of fused-ring (bicyclic) bond motifs is 3. The lowest BCUT2D eigenvalue weighted by Crippen LogP contribution is -2.52. The van der Waals surface area contributed by atoms with E-state index in [1.165, 1.54) is 14.2 Å². The van der Waals surface area contributed by atoms with Crippen molar-refractivity contribution in [2.24, 2.45) is 11.8 Å². The summed E-state index contributed by atoms with van der Waals surface area (Å²) in [4.78, 5) is 72.2. The molecule has 306 valence electrons. The average Bonchev–Trinajstić information content (AvgIpc) is 4.03. The van der Waals surface area contributed by atoms with Crippen molar-refractivity contribution in [3.8, 4) is 22.4 Å². The van der Waals surface area contributed by atoms with Crippen molar-refractivity contribution < 1.29 is 28.7 Å². The van der Waals surface area contributed by atoms with Crippen LogP contribution in [0.2, 0.25) is 19.1 Å². The zero-order valence-corrected chi connectivity index (χ0v) is 35.5. The van der Waals surface area contributed by atoms with Crippen LogP contribution in [-0.2, 0) is 19.1 Å². The van der Waals surface area contributed by atoms with Crippen LogP contribution in [0.3, 0.4) is 0 Å². The molecule has 4 atom stereocenters. The van der Waals surface area contributed by atoms with E-state index < -0.39 is 32.3 Å². The summed E-state index contributed by atoms with van der Waals surface area (Å²) in [5, 5.41) is 7.52. The summed E-state index contributed by atoms with van der Waals surface area (Å²) in [5.41, 5.74) is 5.73. The second-order valence-corrected chi connectivity index (χ2v) is 22.1. The second-order valence-electron chi connectivity index (χ2n) is 17.0. The molecule has 2 saturated heterocycles. The molecule has 4 unspecified atom stereocenters. The molecule has 2 aliphatic heterocycles. The highest BCUT2D eigenvalue weighted by atomic mass is 28.3. The molecule has 0 bridgehead atoms. The first kappa shape index (κ1) is 40.5. The normalized spacial score (nSPS) is 18.9. The number of likely N-dealkylation sites (tertiary alicyclic amines) is 1. The number of amides is 4. The van der Waals surface area contributed by atoms with Crippen LogP contribution in [0.25, 0.3) is 44.2 Å². The molecule has 4 N–H and O–H groups in total. The minimum atomic E-state index is -1.75. The Morgan fingerprint density at radius 3 is 2.03 bits per heavy atom. The smallest absolute Gasteiger partial charge is 0.407 e. The quantitative estimate of drug-likeness (QED) is 0.106. The van der Waals surface area contributed by atoms with Gasteiger partial charge in [0.1, 0.15) is 23.7 Å². The van der Waals surface area contributed by atoms with Gasteiger partial charge >= 0.3 is 12.2 Å². The summed E-state index contributed by atoms with van der Waals surface area (Å²) in [7, 11) is 0.844. The van der Waals surface area contributed by atoms with Crippen LogP contribution in [0.4, 0.5) is 9.59 Å². The maximum Gasteiger partial charge on any atom is 0.407 e. The van der Waals surface area contributed by atoms with Gasteiger partial charge in [-0.15, -0.1) is 0 Å². The van der Waals surface area contributed by atoms with Gasteiger partial charge in [0.05, 0.1) is 57.3 Å². The zero-order chi connectivity index (χ0) is 41.5. The van der Waals surface area contributed by atoms with Crippen LogP contribution >= 0.6 is 0 Å². The first-order chi connectivity index (χ1) is 27.7. The number of hydrogen-bond donors (Lipinski definition) is 4. The van der Waals surface area contributed by atoms with Gasteiger partial charge in [-0.25, -0.2) is 19.6 Å². The van der Waals surface area contributed by atoms with Crippen LogP contribution in [-0.4, -0.2) is 101 Å². The van der Waals surface area contributed by atoms with Gasteiger partial charge in [-0.3, -0.25) is 9.59 Å². The van der Waals surface area contributed by atoms with Gasteiger partial charge in [0.2, 0.25) is 11.8 Å². The molecule has 14 nitrogen and oxygen atoms in total. The van der Waals surface area contributed by atoms with E-state index in [9.17, 15) is 19.2 Å². The summed E-state index contributed by atoms with van der Waals surface area (Å²) in [6.45, 7) is 12.8. The highest BCUT2D eigenvalue weighted by molar-refractivity contribution is 6.78. The van der Waals surface area contributed by atoms with Crippen molar-refractivity contribution in [3.63, 3.8) is 0 Å². The van der Waals surface area contributed by atoms with Gasteiger partial charge in [-0.2, -0.15) is 0 Å². The molecule has 0 radical (unpaired) electrons. The number of carbonyl (C=O) groups excluding carboxylic acids is 4. The standard InChI is InChI=1S/C43H54N8O6Si/c1-24(2)35(48-42(54)56-5)40(52)50-19-9-10-33(50)39-45-31-18-16-29-20-28(15-17-30(29)37(31)47-39)26-11-13-27(14-12-26)32-21-44-38(46-32)34-22-58(7,8)23-51(34)41(53)36(25(3)4)49-43(55)57-6/h11-18,20-21,24-25,33-36H,9-10,19,22-23H2,1-8H3,(H,44,46)(H,45,47)(H,48,54)(H,49,55). The van der Waals surface area contributed by atoms with E-state index in [2.05, 4.69) is 82.2 Å². The fraction of sp³-hybridized carbons (Fsp3) is 0.442. The first-order valence-electron chi connectivity index (χ1n) is 20.1. The zero-order valence-electron chi connectivity index (χ0n) is 34.5. The molecule has 2 aliphatic rings. The molecule has 0 spiro atoms. The van der Waals surface area contributed by atoms with Gasteiger partial charge in [0.15, 0.2) is 0 Å². The number of ether oxygens (including phenoxy) is 2. The van der Waals surface area contributed by atoms with Crippen LogP contribution in [0.15, 0.2) is 60.8 Å². The van der Waals surface area contributed by atoms with E-state index >= 15 is 0 Å². The SMILES string of the molecule is COC(=O)NC(C(=O)N1C[Si](C)(C)CC1c1ncc(-c2ccc(-c3ccc4c(ccc5[nH]c(C6CCCN6C(=O)C(NC(=O)OC)C(C)C)nc54)c3)cc2)[nH]1)C(C)C. The average molecular weight is 807 g/mol. The molecule has 5 aromatic rings. The molecule has 2 fully saturated rings. The number of alkyl carbamates (subject to hydrolysis) is 2. The van der Waals surface area contributed by atoms with Gasteiger partial charge in [0.25, 0.3) is 0 Å². The topological polar surface area (TPSA) is 175 Å². The van der Waals surface area contributed by atoms with Crippen molar-refractivity contribution in [1.82, 2.24) is 40.4 Å². The lowest BCUT2D eigenvalue weighted by Gasteiger charge is -2.30. The molecule has 58 heavy (non-hydrogen) atoms. The number of nitrogens with zero attached hydrogens (tertiary/aromatic N) is 4. The van der Waals surface area contributed by atoms with E-state index in [1.807, 2.05) is 49.8 Å². The lowest BCUT2D eigenvalue weighted by atomic mass is 9.99. The third-order valence-electron chi connectivity index (χ3n) is 11.6. The predicted octanol–water partition coefficient (Wildman–Crippen LogP) is 7.33. The summed E-state index contributed by atoms with van der Waals surface area (Å²) in [6.07, 6.45) is 2.89. The fourth-order valence-corrected chi connectivity index (χ4v) is 11.4. The van der Waals surface area contributed by atoms with E-state index in [0.717, 1.165) is 74.7 Å². The second kappa shape index (κ2) is 16.3. The molecule has 0 aliphatic carbocycles.